The lowest BCUT2D eigenvalue weighted by atomic mass is 10.2. The van der Waals surface area contributed by atoms with Gasteiger partial charge >= 0.3 is 0 Å². The van der Waals surface area contributed by atoms with Gasteiger partial charge in [-0.3, -0.25) is 0 Å². The van der Waals surface area contributed by atoms with E-state index >= 15 is 0 Å². The van der Waals surface area contributed by atoms with Gasteiger partial charge in [-0.2, -0.15) is 4.98 Å². The highest BCUT2D eigenvalue weighted by Crippen LogP contribution is 2.25. The number of hydrogen-bond donors (Lipinski definition) is 1. The quantitative estimate of drug-likeness (QED) is 0.915. The Morgan fingerprint density at radius 3 is 2.67 bits per heavy atom. The molecule has 3 rings (SSSR count). The van der Waals surface area contributed by atoms with Crippen LogP contribution in [-0.4, -0.2) is 48.3 Å². The zero-order chi connectivity index (χ0) is 14.8. The highest BCUT2D eigenvalue weighted by molar-refractivity contribution is 5.60. The molecule has 112 valence electrons. The first-order valence-corrected chi connectivity index (χ1v) is 7.22. The third-order valence-electron chi connectivity index (χ3n) is 4.03. The van der Waals surface area contributed by atoms with E-state index in [2.05, 4.69) is 46.2 Å². The van der Waals surface area contributed by atoms with Crippen molar-refractivity contribution in [2.24, 2.45) is 5.73 Å². The van der Waals surface area contributed by atoms with E-state index in [0.29, 0.717) is 17.8 Å². The molecule has 1 aliphatic rings. The zero-order valence-electron chi connectivity index (χ0n) is 12.5. The van der Waals surface area contributed by atoms with E-state index in [1.165, 1.54) is 12.1 Å². The maximum Gasteiger partial charge on any atom is 0.240 e. The van der Waals surface area contributed by atoms with Crippen LogP contribution in [0.3, 0.4) is 0 Å². The largest absolute Gasteiger partial charge is 0.370 e. The minimum Gasteiger partial charge on any atom is -0.370 e. The Hall–Kier alpha value is -1.92. The lowest BCUT2D eigenvalue weighted by Gasteiger charge is -2.21. The smallest absolute Gasteiger partial charge is 0.240 e. The van der Waals surface area contributed by atoms with Crippen LogP contribution in [-0.2, 0) is 6.54 Å². The van der Waals surface area contributed by atoms with Crippen LogP contribution in [0.15, 0.2) is 28.8 Å². The van der Waals surface area contributed by atoms with Crippen LogP contribution in [0.5, 0.6) is 0 Å². The van der Waals surface area contributed by atoms with Crippen molar-refractivity contribution >= 4 is 5.69 Å². The molecule has 1 unspecified atom stereocenters. The van der Waals surface area contributed by atoms with Crippen LogP contribution < -0.4 is 10.6 Å². The van der Waals surface area contributed by atoms with Crippen LogP contribution in [0.1, 0.15) is 12.3 Å². The second kappa shape index (κ2) is 5.83. The fourth-order valence-electron chi connectivity index (χ4n) is 2.67. The number of rotatable bonds is 4. The average Bonchev–Trinajstić information content (AvgIpc) is 3.17. The SMILES string of the molecule is CN(C)C1CCN(c2ccc(-c3noc(CN)n3)cc2)C1. The predicted octanol–water partition coefficient (Wildman–Crippen LogP) is 1.34. The van der Waals surface area contributed by atoms with Crippen molar-refractivity contribution in [3.63, 3.8) is 0 Å². The summed E-state index contributed by atoms with van der Waals surface area (Å²) in [7, 11) is 4.28. The molecule has 21 heavy (non-hydrogen) atoms. The molecule has 2 aromatic rings. The first kappa shape index (κ1) is 14.0. The zero-order valence-corrected chi connectivity index (χ0v) is 12.5. The van der Waals surface area contributed by atoms with Gasteiger partial charge in [0.05, 0.1) is 6.54 Å². The molecule has 6 nitrogen and oxygen atoms in total. The van der Waals surface area contributed by atoms with Gasteiger partial charge in [0.1, 0.15) is 0 Å². The number of benzene rings is 1. The topological polar surface area (TPSA) is 71.4 Å². The molecule has 0 amide bonds. The number of hydrogen-bond acceptors (Lipinski definition) is 6. The van der Waals surface area contributed by atoms with E-state index in [1.807, 2.05) is 12.1 Å². The molecule has 6 heteroatoms. The molecule has 1 saturated heterocycles. The van der Waals surface area contributed by atoms with Gasteiger partial charge in [-0.25, -0.2) is 0 Å². The molecule has 0 spiro atoms. The van der Waals surface area contributed by atoms with E-state index in [9.17, 15) is 0 Å². The van der Waals surface area contributed by atoms with Gasteiger partial charge in [0.2, 0.25) is 11.7 Å². The fraction of sp³-hybridized carbons (Fsp3) is 0.467. The lowest BCUT2D eigenvalue weighted by Crippen LogP contribution is -2.31. The molecular formula is C15H21N5O. The van der Waals surface area contributed by atoms with Gasteiger partial charge in [-0.15, -0.1) is 0 Å². The first-order valence-electron chi connectivity index (χ1n) is 7.22. The Morgan fingerprint density at radius 1 is 1.33 bits per heavy atom. The molecule has 0 aliphatic carbocycles. The number of nitrogens with two attached hydrogens (primary N) is 1. The van der Waals surface area contributed by atoms with Gasteiger partial charge in [0.25, 0.3) is 0 Å². The maximum atomic E-state index is 5.48. The van der Waals surface area contributed by atoms with Crippen molar-refractivity contribution in [2.75, 3.05) is 32.1 Å². The molecule has 2 N–H and O–H groups in total. The van der Waals surface area contributed by atoms with Gasteiger partial charge < -0.3 is 20.1 Å². The molecule has 1 fully saturated rings. The summed E-state index contributed by atoms with van der Waals surface area (Å²) in [6, 6.07) is 8.93. The molecule has 0 saturated carbocycles. The monoisotopic (exact) mass is 287 g/mol. The maximum absolute atomic E-state index is 5.48. The molecule has 1 aromatic carbocycles. The molecular weight excluding hydrogens is 266 g/mol. The summed E-state index contributed by atoms with van der Waals surface area (Å²) >= 11 is 0. The van der Waals surface area contributed by atoms with Crippen molar-refractivity contribution in [3.8, 4) is 11.4 Å². The second-order valence-corrected chi connectivity index (χ2v) is 5.61. The fourth-order valence-corrected chi connectivity index (χ4v) is 2.67. The number of anilines is 1. The predicted molar refractivity (Wildman–Crippen MR) is 81.9 cm³/mol. The van der Waals surface area contributed by atoms with Crippen molar-refractivity contribution in [1.82, 2.24) is 15.0 Å². The van der Waals surface area contributed by atoms with E-state index in [1.54, 1.807) is 0 Å². The van der Waals surface area contributed by atoms with Crippen LogP contribution >= 0.6 is 0 Å². The van der Waals surface area contributed by atoms with Crippen LogP contribution in [0.4, 0.5) is 5.69 Å². The summed E-state index contributed by atoms with van der Waals surface area (Å²) < 4.78 is 5.04. The number of likely N-dealkylation sites (N-methyl/N-ethyl adjacent to an activating group) is 1. The Morgan fingerprint density at radius 2 is 2.10 bits per heavy atom. The molecule has 0 radical (unpaired) electrons. The third kappa shape index (κ3) is 2.91. The molecule has 2 heterocycles. The van der Waals surface area contributed by atoms with Crippen molar-refractivity contribution in [3.05, 3.63) is 30.2 Å². The van der Waals surface area contributed by atoms with Gasteiger partial charge in [0.15, 0.2) is 0 Å². The average molecular weight is 287 g/mol. The van der Waals surface area contributed by atoms with Crippen LogP contribution in [0.25, 0.3) is 11.4 Å². The third-order valence-corrected chi connectivity index (χ3v) is 4.03. The van der Waals surface area contributed by atoms with Crippen LogP contribution in [0, 0.1) is 0 Å². The summed E-state index contributed by atoms with van der Waals surface area (Å²) in [5, 5.41) is 3.93. The molecule has 1 atom stereocenters. The first-order chi connectivity index (χ1) is 10.2. The van der Waals surface area contributed by atoms with Crippen molar-refractivity contribution < 1.29 is 4.52 Å². The second-order valence-electron chi connectivity index (χ2n) is 5.61. The Balaban J connectivity index is 1.72. The van der Waals surface area contributed by atoms with E-state index < -0.39 is 0 Å². The number of aromatic nitrogens is 2. The molecule has 0 bridgehead atoms. The Kier molecular flexibility index (Phi) is 3.90. The molecule has 1 aromatic heterocycles. The van der Waals surface area contributed by atoms with Crippen molar-refractivity contribution in [2.45, 2.75) is 19.0 Å². The standard InChI is InChI=1S/C15H21N5O/c1-19(2)13-7-8-20(10-13)12-5-3-11(4-6-12)15-17-14(9-16)21-18-15/h3-6,13H,7-10,16H2,1-2H3. The summed E-state index contributed by atoms with van der Waals surface area (Å²) in [5.74, 6) is 1.05. The number of nitrogens with zero attached hydrogens (tertiary/aromatic N) is 4. The normalized spacial score (nSPS) is 18.7. The minimum absolute atomic E-state index is 0.269. The summed E-state index contributed by atoms with van der Waals surface area (Å²) in [6.07, 6.45) is 1.21. The van der Waals surface area contributed by atoms with E-state index in [0.717, 1.165) is 18.7 Å². The van der Waals surface area contributed by atoms with Crippen molar-refractivity contribution in [1.29, 1.82) is 0 Å². The molecule has 1 aliphatic heterocycles. The summed E-state index contributed by atoms with van der Waals surface area (Å²) in [5.41, 5.74) is 7.67. The Labute approximate surface area is 124 Å². The van der Waals surface area contributed by atoms with Gasteiger partial charge in [-0.05, 0) is 44.8 Å². The lowest BCUT2D eigenvalue weighted by molar-refractivity contribution is 0.315. The Bertz CT molecular complexity index is 592. The highest BCUT2D eigenvalue weighted by Gasteiger charge is 2.24. The highest BCUT2D eigenvalue weighted by atomic mass is 16.5. The summed E-state index contributed by atoms with van der Waals surface area (Å²) in [4.78, 5) is 8.94. The summed E-state index contributed by atoms with van der Waals surface area (Å²) in [6.45, 7) is 2.44. The van der Waals surface area contributed by atoms with E-state index in [4.69, 9.17) is 10.3 Å². The van der Waals surface area contributed by atoms with Gasteiger partial charge in [-0.1, -0.05) is 5.16 Å². The minimum atomic E-state index is 0.269. The van der Waals surface area contributed by atoms with Crippen LogP contribution in [0.2, 0.25) is 0 Å². The van der Waals surface area contributed by atoms with Gasteiger partial charge in [0, 0.05) is 30.4 Å². The van der Waals surface area contributed by atoms with E-state index in [-0.39, 0.29) is 6.54 Å².